The minimum absolute atomic E-state index is 0.307. The number of benzene rings is 1. The van der Waals surface area contributed by atoms with Gasteiger partial charge in [0.2, 0.25) is 0 Å². The summed E-state index contributed by atoms with van der Waals surface area (Å²) in [6.45, 7) is 0.706. The predicted octanol–water partition coefficient (Wildman–Crippen LogP) is 1.88. The fourth-order valence-corrected chi connectivity index (χ4v) is 1.78. The van der Waals surface area contributed by atoms with Crippen LogP contribution in [0.15, 0.2) is 24.3 Å². The lowest BCUT2D eigenvalue weighted by molar-refractivity contribution is -0.181. The van der Waals surface area contributed by atoms with Gasteiger partial charge in [-0.15, -0.1) is 0 Å². The molecule has 5 heteroatoms. The number of ether oxygens (including phenoxy) is 2. The van der Waals surface area contributed by atoms with Gasteiger partial charge in [-0.05, 0) is 17.7 Å². The van der Waals surface area contributed by atoms with Crippen molar-refractivity contribution in [3.05, 3.63) is 34.9 Å². The van der Waals surface area contributed by atoms with Gasteiger partial charge in [-0.2, -0.15) is 0 Å². The summed E-state index contributed by atoms with van der Waals surface area (Å²) in [7, 11) is 0. The van der Waals surface area contributed by atoms with Crippen LogP contribution in [0.3, 0.4) is 0 Å². The zero-order valence-corrected chi connectivity index (χ0v) is 9.18. The van der Waals surface area contributed by atoms with Gasteiger partial charge in [-0.25, -0.2) is 4.79 Å². The molecular weight excluding hydrogens is 232 g/mol. The molecule has 0 radical (unpaired) electrons. The normalized spacial score (nSPS) is 25.3. The summed E-state index contributed by atoms with van der Waals surface area (Å²) in [6.07, 6.45) is -1.52. The van der Waals surface area contributed by atoms with E-state index < -0.39 is 18.2 Å². The summed E-state index contributed by atoms with van der Waals surface area (Å²) < 4.78 is 10.6. The summed E-state index contributed by atoms with van der Waals surface area (Å²) in [4.78, 5) is 11.0. The molecule has 1 N–H and O–H groups in total. The zero-order chi connectivity index (χ0) is 11.5. The van der Waals surface area contributed by atoms with Crippen LogP contribution in [0.2, 0.25) is 5.02 Å². The number of carboxylic acid groups (broad SMARTS) is 1. The molecule has 0 aliphatic carbocycles. The van der Waals surface area contributed by atoms with Crippen molar-refractivity contribution in [2.45, 2.75) is 12.2 Å². The molecule has 0 saturated carbocycles. The second-order valence-corrected chi connectivity index (χ2v) is 3.91. The van der Waals surface area contributed by atoms with E-state index in [9.17, 15) is 4.79 Å². The van der Waals surface area contributed by atoms with E-state index in [2.05, 4.69) is 0 Å². The van der Waals surface area contributed by atoms with Crippen LogP contribution < -0.4 is 0 Å². The van der Waals surface area contributed by atoms with Gasteiger partial charge in [0.1, 0.15) is 6.10 Å². The first-order chi connectivity index (χ1) is 7.68. The fraction of sp³-hybridized carbons (Fsp3) is 0.364. The van der Waals surface area contributed by atoms with Crippen molar-refractivity contribution >= 4 is 17.6 Å². The number of hydrogen-bond acceptors (Lipinski definition) is 3. The highest BCUT2D eigenvalue weighted by molar-refractivity contribution is 6.30. The maximum atomic E-state index is 11.0. The molecule has 1 aliphatic rings. The van der Waals surface area contributed by atoms with Crippen molar-refractivity contribution in [2.24, 2.45) is 0 Å². The van der Waals surface area contributed by atoms with Gasteiger partial charge < -0.3 is 14.6 Å². The number of hydrogen-bond donors (Lipinski definition) is 1. The van der Waals surface area contributed by atoms with Gasteiger partial charge in [0.15, 0.2) is 6.10 Å². The lowest BCUT2D eigenvalue weighted by Gasteiger charge is -2.29. The Morgan fingerprint density at radius 3 is 2.50 bits per heavy atom. The Kier molecular flexibility index (Phi) is 3.43. The Labute approximate surface area is 97.7 Å². The summed E-state index contributed by atoms with van der Waals surface area (Å²) in [6, 6.07) is 6.90. The third-order valence-corrected chi connectivity index (χ3v) is 2.65. The topological polar surface area (TPSA) is 55.8 Å². The van der Waals surface area contributed by atoms with Crippen molar-refractivity contribution < 1.29 is 19.4 Å². The summed E-state index contributed by atoms with van der Waals surface area (Å²) in [5.41, 5.74) is 0.761. The van der Waals surface area contributed by atoms with E-state index in [-0.39, 0.29) is 0 Å². The SMILES string of the molecule is O=C(O)[C@H]1OCCO[C@@H]1c1ccc(Cl)cc1. The second-order valence-electron chi connectivity index (χ2n) is 3.47. The van der Waals surface area contributed by atoms with Crippen LogP contribution in [0, 0.1) is 0 Å². The van der Waals surface area contributed by atoms with E-state index in [4.69, 9.17) is 26.2 Å². The first-order valence-corrected chi connectivity index (χ1v) is 5.28. The largest absolute Gasteiger partial charge is 0.479 e. The Morgan fingerprint density at radius 1 is 1.25 bits per heavy atom. The number of halogens is 1. The Bertz CT molecular complexity index is 376. The lowest BCUT2D eigenvalue weighted by Crippen LogP contribution is -2.38. The van der Waals surface area contributed by atoms with Crippen LogP contribution in [0.1, 0.15) is 11.7 Å². The molecule has 0 spiro atoms. The van der Waals surface area contributed by atoms with Crippen molar-refractivity contribution in [3.8, 4) is 0 Å². The minimum atomic E-state index is -1.01. The smallest absolute Gasteiger partial charge is 0.335 e. The molecule has 1 aromatic rings. The molecular formula is C11H11ClO4. The quantitative estimate of drug-likeness (QED) is 0.860. The molecule has 1 saturated heterocycles. The molecule has 0 amide bonds. The van der Waals surface area contributed by atoms with Crippen LogP contribution in [0.5, 0.6) is 0 Å². The molecule has 1 aliphatic heterocycles. The van der Waals surface area contributed by atoms with Gasteiger partial charge in [0, 0.05) is 5.02 Å². The van der Waals surface area contributed by atoms with Crippen molar-refractivity contribution in [2.75, 3.05) is 13.2 Å². The molecule has 0 aromatic heterocycles. The van der Waals surface area contributed by atoms with Crippen molar-refractivity contribution in [3.63, 3.8) is 0 Å². The highest BCUT2D eigenvalue weighted by atomic mass is 35.5. The summed E-state index contributed by atoms with van der Waals surface area (Å²) in [5, 5.41) is 9.60. The Balaban J connectivity index is 2.23. The average molecular weight is 243 g/mol. The second kappa shape index (κ2) is 4.82. The van der Waals surface area contributed by atoms with Crippen LogP contribution in [-0.2, 0) is 14.3 Å². The average Bonchev–Trinajstić information content (AvgIpc) is 2.30. The van der Waals surface area contributed by atoms with Gasteiger partial charge in [-0.3, -0.25) is 0 Å². The number of aliphatic carboxylic acids is 1. The Morgan fingerprint density at radius 2 is 1.88 bits per heavy atom. The van der Waals surface area contributed by atoms with Crippen LogP contribution in [0.4, 0.5) is 0 Å². The highest BCUT2D eigenvalue weighted by Crippen LogP contribution is 2.27. The minimum Gasteiger partial charge on any atom is -0.479 e. The molecule has 0 bridgehead atoms. The van der Waals surface area contributed by atoms with Gasteiger partial charge in [0.25, 0.3) is 0 Å². The van der Waals surface area contributed by atoms with Gasteiger partial charge in [0.05, 0.1) is 13.2 Å². The van der Waals surface area contributed by atoms with E-state index in [1.807, 2.05) is 0 Å². The van der Waals surface area contributed by atoms with Crippen molar-refractivity contribution in [1.29, 1.82) is 0 Å². The molecule has 16 heavy (non-hydrogen) atoms. The molecule has 86 valence electrons. The summed E-state index contributed by atoms with van der Waals surface area (Å²) >= 11 is 5.76. The molecule has 2 rings (SSSR count). The highest BCUT2D eigenvalue weighted by Gasteiger charge is 2.34. The molecule has 1 fully saturated rings. The van der Waals surface area contributed by atoms with E-state index in [0.717, 1.165) is 5.56 Å². The molecule has 4 nitrogen and oxygen atoms in total. The first kappa shape index (κ1) is 11.4. The third kappa shape index (κ3) is 2.35. The van der Waals surface area contributed by atoms with Crippen LogP contribution >= 0.6 is 11.6 Å². The molecule has 0 unspecified atom stereocenters. The maximum absolute atomic E-state index is 11.0. The molecule has 2 atom stereocenters. The summed E-state index contributed by atoms with van der Waals surface area (Å²) in [5.74, 6) is -1.01. The number of rotatable bonds is 2. The van der Waals surface area contributed by atoms with Gasteiger partial charge >= 0.3 is 5.97 Å². The lowest BCUT2D eigenvalue weighted by atomic mass is 10.0. The van der Waals surface area contributed by atoms with Crippen molar-refractivity contribution in [1.82, 2.24) is 0 Å². The zero-order valence-electron chi connectivity index (χ0n) is 8.43. The fourth-order valence-electron chi connectivity index (χ4n) is 1.65. The van der Waals surface area contributed by atoms with E-state index in [1.54, 1.807) is 24.3 Å². The maximum Gasteiger partial charge on any atom is 0.335 e. The van der Waals surface area contributed by atoms with Crippen LogP contribution in [-0.4, -0.2) is 30.4 Å². The third-order valence-electron chi connectivity index (χ3n) is 2.40. The van der Waals surface area contributed by atoms with E-state index in [0.29, 0.717) is 18.2 Å². The van der Waals surface area contributed by atoms with E-state index >= 15 is 0 Å². The van der Waals surface area contributed by atoms with Crippen LogP contribution in [0.25, 0.3) is 0 Å². The Hall–Kier alpha value is -1.10. The van der Waals surface area contributed by atoms with E-state index in [1.165, 1.54) is 0 Å². The molecule has 1 aromatic carbocycles. The van der Waals surface area contributed by atoms with Gasteiger partial charge in [-0.1, -0.05) is 23.7 Å². The standard InChI is InChI=1S/C11H11ClO4/c12-8-3-1-7(2-4-8)9-10(11(13)14)16-6-5-15-9/h1-4,9-10H,5-6H2,(H,13,14)/t9-,10+/m1/s1. The molecule has 1 heterocycles. The predicted molar refractivity (Wildman–Crippen MR) is 57.5 cm³/mol. The first-order valence-electron chi connectivity index (χ1n) is 4.90. The number of carboxylic acids is 1. The monoisotopic (exact) mass is 242 g/mol. The number of carbonyl (C=O) groups is 1.